The smallest absolute Gasteiger partial charge is 0.326 e. The summed E-state index contributed by atoms with van der Waals surface area (Å²) in [5.41, 5.74) is 6.76. The van der Waals surface area contributed by atoms with E-state index in [1.54, 1.807) is 17.0 Å². The summed E-state index contributed by atoms with van der Waals surface area (Å²) in [5.74, 6) is -0.117. The van der Waals surface area contributed by atoms with Crippen LogP contribution < -0.4 is 5.73 Å². The van der Waals surface area contributed by atoms with Crippen molar-refractivity contribution in [3.63, 3.8) is 0 Å². The van der Waals surface area contributed by atoms with Gasteiger partial charge in [-0.05, 0) is 32.9 Å². The number of nitrogens with zero attached hydrogens (tertiary/aromatic N) is 2. The highest BCUT2D eigenvalue weighted by molar-refractivity contribution is 8.93. The first-order valence-corrected chi connectivity index (χ1v) is 7.21. The van der Waals surface area contributed by atoms with Crippen molar-refractivity contribution in [2.24, 2.45) is 10.7 Å². The van der Waals surface area contributed by atoms with E-state index in [1.165, 1.54) is 0 Å². The molecule has 1 aliphatic heterocycles. The van der Waals surface area contributed by atoms with Gasteiger partial charge >= 0.3 is 5.97 Å². The van der Waals surface area contributed by atoms with E-state index in [2.05, 4.69) is 4.99 Å². The van der Waals surface area contributed by atoms with E-state index in [9.17, 15) is 4.79 Å². The molecule has 5 nitrogen and oxygen atoms in total. The molecular formula is C14H18BrCl2N3O2. The molecule has 0 bridgehead atoms. The second-order valence-electron chi connectivity index (χ2n) is 5.77. The summed E-state index contributed by atoms with van der Waals surface area (Å²) in [7, 11) is 0. The number of ether oxygens (including phenoxy) is 1. The molecule has 0 radical (unpaired) electrons. The predicted molar refractivity (Wildman–Crippen MR) is 94.3 cm³/mol. The van der Waals surface area contributed by atoms with E-state index in [0.29, 0.717) is 22.3 Å². The number of aliphatic imine (C=N–C) groups is 1. The van der Waals surface area contributed by atoms with E-state index < -0.39 is 5.60 Å². The number of esters is 1. The summed E-state index contributed by atoms with van der Waals surface area (Å²) >= 11 is 12.2. The summed E-state index contributed by atoms with van der Waals surface area (Å²) in [5, 5.41) is 0.878. The van der Waals surface area contributed by atoms with E-state index in [-0.39, 0.29) is 35.5 Å². The van der Waals surface area contributed by atoms with Gasteiger partial charge in [-0.2, -0.15) is 0 Å². The Balaban J connectivity index is 0.00000242. The van der Waals surface area contributed by atoms with Crippen LogP contribution in [-0.4, -0.2) is 29.0 Å². The molecule has 0 aliphatic carbocycles. The summed E-state index contributed by atoms with van der Waals surface area (Å²) in [6.07, 6.45) is 0. The summed E-state index contributed by atoms with van der Waals surface area (Å²) in [6, 6.07) is 3.42. The van der Waals surface area contributed by atoms with Crippen molar-refractivity contribution in [3.8, 4) is 0 Å². The van der Waals surface area contributed by atoms with E-state index in [4.69, 9.17) is 33.7 Å². The zero-order chi connectivity index (χ0) is 15.8. The van der Waals surface area contributed by atoms with Crippen LogP contribution in [-0.2, 0) is 16.1 Å². The fourth-order valence-corrected chi connectivity index (χ4v) is 2.37. The van der Waals surface area contributed by atoms with Crippen molar-refractivity contribution >= 4 is 57.8 Å². The fourth-order valence-electron chi connectivity index (χ4n) is 1.97. The van der Waals surface area contributed by atoms with Gasteiger partial charge in [-0.3, -0.25) is 4.79 Å². The predicted octanol–water partition coefficient (Wildman–Crippen LogP) is 3.67. The number of hydrogen-bond acceptors (Lipinski definition) is 5. The summed E-state index contributed by atoms with van der Waals surface area (Å²) in [6.45, 7) is 5.80. The van der Waals surface area contributed by atoms with Crippen LogP contribution in [0, 0.1) is 0 Å². The van der Waals surface area contributed by atoms with Gasteiger partial charge in [0.2, 0.25) is 0 Å². The third-order valence-electron chi connectivity index (χ3n) is 2.82. The minimum Gasteiger partial charge on any atom is -0.459 e. The topological polar surface area (TPSA) is 67.9 Å². The van der Waals surface area contributed by atoms with Gasteiger partial charge in [-0.1, -0.05) is 23.2 Å². The third-order valence-corrected chi connectivity index (χ3v) is 3.66. The van der Waals surface area contributed by atoms with Crippen LogP contribution in [0.1, 0.15) is 26.3 Å². The molecule has 0 fully saturated rings. The number of benzene rings is 1. The molecule has 8 heteroatoms. The molecule has 2 rings (SSSR count). The van der Waals surface area contributed by atoms with Crippen LogP contribution in [0.4, 0.5) is 5.69 Å². The Kier molecular flexibility index (Phi) is 6.12. The number of hydrogen-bond donors (Lipinski definition) is 1. The van der Waals surface area contributed by atoms with Gasteiger partial charge < -0.3 is 15.4 Å². The minimum absolute atomic E-state index is 0. The van der Waals surface area contributed by atoms with Crippen molar-refractivity contribution in [1.29, 1.82) is 0 Å². The van der Waals surface area contributed by atoms with Crippen LogP contribution in [0.25, 0.3) is 0 Å². The number of nitrogens with two attached hydrogens (primary N) is 1. The Hall–Kier alpha value is -0.980. The molecule has 0 saturated carbocycles. The fraction of sp³-hybridized carbons (Fsp3) is 0.429. The molecular weight excluding hydrogens is 393 g/mol. The van der Waals surface area contributed by atoms with Crippen molar-refractivity contribution in [1.82, 2.24) is 4.90 Å². The minimum atomic E-state index is -0.544. The van der Waals surface area contributed by atoms with Crippen molar-refractivity contribution in [2.45, 2.75) is 32.9 Å². The lowest BCUT2D eigenvalue weighted by molar-refractivity contribution is -0.155. The van der Waals surface area contributed by atoms with Crippen LogP contribution in [0.3, 0.4) is 0 Å². The highest BCUT2D eigenvalue weighted by atomic mass is 79.9. The number of rotatable bonds is 2. The lowest BCUT2D eigenvalue weighted by Crippen LogP contribution is -2.43. The molecule has 2 N–H and O–H groups in total. The molecule has 22 heavy (non-hydrogen) atoms. The molecule has 1 aromatic carbocycles. The third kappa shape index (κ3) is 4.51. The van der Waals surface area contributed by atoms with Gasteiger partial charge in [-0.15, -0.1) is 17.0 Å². The first-order chi connectivity index (χ1) is 9.67. The highest BCUT2D eigenvalue weighted by Crippen LogP contribution is 2.36. The second kappa shape index (κ2) is 7.06. The molecule has 1 aliphatic rings. The Morgan fingerprint density at radius 1 is 1.41 bits per heavy atom. The number of fused-ring (bicyclic) bond motifs is 1. The number of guanidine groups is 1. The molecule has 1 aromatic rings. The van der Waals surface area contributed by atoms with Gasteiger partial charge in [0.05, 0.1) is 22.3 Å². The average molecular weight is 411 g/mol. The largest absolute Gasteiger partial charge is 0.459 e. The molecule has 122 valence electrons. The standard InChI is InChI=1S/C14H17Cl2N3O2.BrH/c1-14(2,3)21-11(20)7-19-6-8-10(18-13(19)17)5-4-9(15)12(8)16;/h4-5H,6-7H2,1-3H3,(H2,17,18);1H. The Labute approximate surface area is 150 Å². The number of halogens is 3. The molecule has 0 atom stereocenters. The molecule has 0 unspecified atom stereocenters. The Morgan fingerprint density at radius 3 is 2.64 bits per heavy atom. The Bertz CT molecular complexity index is 615. The van der Waals surface area contributed by atoms with Gasteiger partial charge in [-0.25, -0.2) is 4.99 Å². The van der Waals surface area contributed by atoms with Gasteiger partial charge in [0, 0.05) is 5.56 Å². The van der Waals surface area contributed by atoms with Gasteiger partial charge in [0.25, 0.3) is 0 Å². The van der Waals surface area contributed by atoms with Gasteiger partial charge in [0.1, 0.15) is 12.1 Å². The van der Waals surface area contributed by atoms with E-state index >= 15 is 0 Å². The number of carbonyl (C=O) groups excluding carboxylic acids is 1. The maximum atomic E-state index is 11.9. The van der Waals surface area contributed by atoms with Crippen LogP contribution in [0.5, 0.6) is 0 Å². The Morgan fingerprint density at radius 2 is 2.05 bits per heavy atom. The molecule has 0 amide bonds. The normalized spacial score (nSPS) is 13.9. The lowest BCUT2D eigenvalue weighted by Gasteiger charge is -2.29. The molecule has 1 heterocycles. The van der Waals surface area contributed by atoms with Crippen LogP contribution in [0.2, 0.25) is 10.0 Å². The first kappa shape index (κ1) is 19.1. The number of carbonyl (C=O) groups is 1. The first-order valence-electron chi connectivity index (χ1n) is 6.45. The van der Waals surface area contributed by atoms with Crippen molar-refractivity contribution in [2.75, 3.05) is 6.54 Å². The van der Waals surface area contributed by atoms with Crippen molar-refractivity contribution in [3.05, 3.63) is 27.7 Å². The molecule has 0 saturated heterocycles. The van der Waals surface area contributed by atoms with E-state index in [1.807, 2.05) is 20.8 Å². The quantitative estimate of drug-likeness (QED) is 0.755. The van der Waals surface area contributed by atoms with Crippen LogP contribution in [0.15, 0.2) is 17.1 Å². The maximum absolute atomic E-state index is 11.9. The zero-order valence-electron chi connectivity index (χ0n) is 12.5. The monoisotopic (exact) mass is 409 g/mol. The van der Waals surface area contributed by atoms with Crippen molar-refractivity contribution < 1.29 is 9.53 Å². The zero-order valence-corrected chi connectivity index (χ0v) is 15.7. The molecule has 0 spiro atoms. The van der Waals surface area contributed by atoms with Crippen LogP contribution >= 0.6 is 40.2 Å². The highest BCUT2D eigenvalue weighted by Gasteiger charge is 2.25. The second-order valence-corrected chi connectivity index (χ2v) is 6.56. The SMILES string of the molecule is Br.CC(C)(C)OC(=O)CN1Cc2c(ccc(Cl)c2Cl)N=C1N. The summed E-state index contributed by atoms with van der Waals surface area (Å²) < 4.78 is 5.28. The average Bonchev–Trinajstić information content (AvgIpc) is 2.34. The molecule has 0 aromatic heterocycles. The lowest BCUT2D eigenvalue weighted by atomic mass is 10.1. The van der Waals surface area contributed by atoms with E-state index in [0.717, 1.165) is 5.56 Å². The van der Waals surface area contributed by atoms with Gasteiger partial charge in [0.15, 0.2) is 5.96 Å². The summed E-state index contributed by atoms with van der Waals surface area (Å²) in [4.78, 5) is 17.8. The maximum Gasteiger partial charge on any atom is 0.326 e.